The van der Waals surface area contributed by atoms with E-state index in [-0.39, 0.29) is 31.5 Å². The Labute approximate surface area is 183 Å². The van der Waals surface area contributed by atoms with Crippen LogP contribution < -0.4 is 15.0 Å². The lowest BCUT2D eigenvalue weighted by Crippen LogP contribution is -2.44. The molecule has 1 saturated heterocycles. The van der Waals surface area contributed by atoms with Crippen LogP contribution in [0.2, 0.25) is 0 Å². The largest absolute Gasteiger partial charge is 0.487 e. The number of hydrogen-bond acceptors (Lipinski definition) is 7. The molecule has 0 saturated carbocycles. The lowest BCUT2D eigenvalue weighted by Gasteiger charge is -2.37. The molecule has 0 aliphatic carbocycles. The van der Waals surface area contributed by atoms with Crippen molar-refractivity contribution in [1.82, 2.24) is 14.6 Å². The third-order valence-electron chi connectivity index (χ3n) is 6.18. The number of fused-ring (bicyclic) bond motifs is 2. The summed E-state index contributed by atoms with van der Waals surface area (Å²) in [5.74, 6) is 0.290. The van der Waals surface area contributed by atoms with E-state index in [2.05, 4.69) is 15.4 Å². The van der Waals surface area contributed by atoms with Gasteiger partial charge < -0.3 is 25.2 Å². The number of aliphatic hydroxyl groups is 2. The van der Waals surface area contributed by atoms with Crippen LogP contribution in [-0.4, -0.2) is 68.8 Å². The molecule has 168 valence electrons. The first kappa shape index (κ1) is 20.7. The van der Waals surface area contributed by atoms with Gasteiger partial charge in [0.05, 0.1) is 30.8 Å². The predicted molar refractivity (Wildman–Crippen MR) is 115 cm³/mol. The zero-order valence-electron chi connectivity index (χ0n) is 17.4. The highest BCUT2D eigenvalue weighted by Crippen LogP contribution is 2.40. The molecule has 2 aliphatic heterocycles. The molecule has 1 fully saturated rings. The van der Waals surface area contributed by atoms with E-state index >= 15 is 0 Å². The number of piperidine rings is 1. The Kier molecular flexibility index (Phi) is 5.18. The first-order valence-electron chi connectivity index (χ1n) is 10.6. The number of hydrogen-bond donors (Lipinski definition) is 3. The Hall–Kier alpha value is -3.24. The first-order valence-corrected chi connectivity index (χ1v) is 10.6. The summed E-state index contributed by atoms with van der Waals surface area (Å²) in [5, 5.41) is 26.0. The average molecular weight is 441 g/mol. The lowest BCUT2D eigenvalue weighted by molar-refractivity contribution is 0.0481. The molecule has 10 heteroatoms. The van der Waals surface area contributed by atoms with Gasteiger partial charge >= 0.3 is 0 Å². The Morgan fingerprint density at radius 3 is 2.88 bits per heavy atom. The Morgan fingerprint density at radius 1 is 1.31 bits per heavy atom. The van der Waals surface area contributed by atoms with E-state index in [0.29, 0.717) is 47.8 Å². The Bertz CT molecular complexity index is 1160. The topological polar surface area (TPSA) is 112 Å². The quantitative estimate of drug-likeness (QED) is 0.551. The number of ether oxygens (including phenoxy) is 1. The molecule has 1 atom stereocenters. The van der Waals surface area contributed by atoms with Gasteiger partial charge in [-0.3, -0.25) is 4.79 Å². The average Bonchev–Trinajstić information content (AvgIpc) is 3.43. The van der Waals surface area contributed by atoms with Crippen LogP contribution in [0.5, 0.6) is 5.75 Å². The van der Waals surface area contributed by atoms with Crippen LogP contribution >= 0.6 is 0 Å². The third kappa shape index (κ3) is 3.65. The minimum Gasteiger partial charge on any atom is -0.487 e. The number of anilines is 2. The van der Waals surface area contributed by atoms with Crippen molar-refractivity contribution in [3.8, 4) is 5.75 Å². The second-order valence-electron chi connectivity index (χ2n) is 8.30. The molecule has 3 aromatic rings. The van der Waals surface area contributed by atoms with Crippen LogP contribution in [0.3, 0.4) is 0 Å². The SMILES string of the molecule is O=C(Nc1cc2c(cc1N1CCC(F)(CO)CC1)OC(CO)C2)c1cnn2cccnc12. The molecule has 2 aromatic heterocycles. The number of nitrogens with zero attached hydrogens (tertiary/aromatic N) is 4. The van der Waals surface area contributed by atoms with Crippen LogP contribution in [0.4, 0.5) is 15.8 Å². The Morgan fingerprint density at radius 2 is 2.12 bits per heavy atom. The molecule has 1 amide bonds. The van der Waals surface area contributed by atoms with E-state index in [9.17, 15) is 19.4 Å². The Balaban J connectivity index is 1.47. The van der Waals surface area contributed by atoms with Crippen molar-refractivity contribution in [3.63, 3.8) is 0 Å². The highest BCUT2D eigenvalue weighted by molar-refractivity contribution is 6.09. The second kappa shape index (κ2) is 8.03. The van der Waals surface area contributed by atoms with Crippen molar-refractivity contribution in [3.05, 3.63) is 47.9 Å². The van der Waals surface area contributed by atoms with Crippen molar-refractivity contribution in [2.24, 2.45) is 0 Å². The fourth-order valence-electron chi connectivity index (χ4n) is 4.30. The van der Waals surface area contributed by atoms with Gasteiger partial charge in [-0.25, -0.2) is 13.9 Å². The number of aliphatic hydroxyl groups excluding tert-OH is 2. The maximum atomic E-state index is 14.5. The molecular formula is C22H24FN5O4. The normalized spacial score (nSPS) is 19.6. The van der Waals surface area contributed by atoms with E-state index in [1.54, 1.807) is 18.5 Å². The van der Waals surface area contributed by atoms with E-state index in [1.165, 1.54) is 10.7 Å². The summed E-state index contributed by atoms with van der Waals surface area (Å²) in [6, 6.07) is 5.41. The van der Waals surface area contributed by atoms with Gasteiger partial charge in [-0.05, 0) is 12.1 Å². The van der Waals surface area contributed by atoms with Gasteiger partial charge in [0.15, 0.2) is 5.65 Å². The minimum atomic E-state index is -1.59. The predicted octanol–water partition coefficient (Wildman–Crippen LogP) is 1.58. The highest BCUT2D eigenvalue weighted by Gasteiger charge is 2.35. The van der Waals surface area contributed by atoms with E-state index in [0.717, 1.165) is 5.56 Å². The van der Waals surface area contributed by atoms with E-state index in [4.69, 9.17) is 4.74 Å². The molecule has 0 bridgehead atoms. The summed E-state index contributed by atoms with van der Waals surface area (Å²) < 4.78 is 21.9. The van der Waals surface area contributed by atoms with Crippen molar-refractivity contribution < 1.29 is 24.1 Å². The fraction of sp³-hybridized carbons (Fsp3) is 0.409. The van der Waals surface area contributed by atoms with E-state index in [1.807, 2.05) is 17.0 Å². The van der Waals surface area contributed by atoms with Gasteiger partial charge in [0, 0.05) is 56.4 Å². The van der Waals surface area contributed by atoms with Gasteiger partial charge in [0.25, 0.3) is 5.91 Å². The molecule has 5 rings (SSSR count). The molecule has 0 radical (unpaired) electrons. The molecular weight excluding hydrogens is 417 g/mol. The summed E-state index contributed by atoms with van der Waals surface area (Å²) in [6.45, 7) is 0.169. The van der Waals surface area contributed by atoms with Crippen molar-refractivity contribution in [1.29, 1.82) is 0 Å². The van der Waals surface area contributed by atoms with Crippen LogP contribution in [-0.2, 0) is 6.42 Å². The van der Waals surface area contributed by atoms with Gasteiger partial charge in [0.1, 0.15) is 23.1 Å². The standard InChI is InChI=1S/C22H24FN5O4/c23-22(13-30)2-6-27(7-3-22)18-10-19-14(8-15(12-29)32-19)9-17(18)26-21(31)16-11-25-28-5-1-4-24-20(16)28/h1,4-5,9-11,15,29-30H,2-3,6-8,12-13H2,(H,26,31). The van der Waals surface area contributed by atoms with Crippen molar-refractivity contribution in [2.75, 3.05) is 36.5 Å². The first-order chi connectivity index (χ1) is 15.5. The molecule has 0 spiro atoms. The minimum absolute atomic E-state index is 0.107. The number of amides is 1. The van der Waals surface area contributed by atoms with Crippen molar-refractivity contribution >= 4 is 22.9 Å². The maximum absolute atomic E-state index is 14.5. The number of benzene rings is 1. The monoisotopic (exact) mass is 441 g/mol. The van der Waals surface area contributed by atoms with Gasteiger partial charge in [-0.1, -0.05) is 0 Å². The van der Waals surface area contributed by atoms with Crippen LogP contribution in [0.1, 0.15) is 28.8 Å². The summed E-state index contributed by atoms with van der Waals surface area (Å²) in [7, 11) is 0. The van der Waals surface area contributed by atoms with E-state index < -0.39 is 12.3 Å². The fourth-order valence-corrected chi connectivity index (χ4v) is 4.30. The number of carbonyl (C=O) groups is 1. The molecule has 32 heavy (non-hydrogen) atoms. The van der Waals surface area contributed by atoms with Gasteiger partial charge in [-0.15, -0.1) is 0 Å². The molecule has 1 aromatic carbocycles. The van der Waals surface area contributed by atoms with Gasteiger partial charge in [-0.2, -0.15) is 5.10 Å². The summed E-state index contributed by atoms with van der Waals surface area (Å²) in [5.41, 5.74) is 1.36. The molecule has 1 unspecified atom stereocenters. The molecule has 9 nitrogen and oxygen atoms in total. The molecule has 3 N–H and O–H groups in total. The molecule has 2 aliphatic rings. The van der Waals surface area contributed by atoms with Crippen LogP contribution in [0, 0.1) is 0 Å². The zero-order valence-corrected chi connectivity index (χ0v) is 17.4. The molecule has 4 heterocycles. The second-order valence-corrected chi connectivity index (χ2v) is 8.30. The van der Waals surface area contributed by atoms with Crippen LogP contribution in [0.15, 0.2) is 36.8 Å². The third-order valence-corrected chi connectivity index (χ3v) is 6.18. The van der Waals surface area contributed by atoms with Crippen LogP contribution in [0.25, 0.3) is 5.65 Å². The zero-order chi connectivity index (χ0) is 22.3. The number of alkyl halides is 1. The number of carbonyl (C=O) groups excluding carboxylic acids is 1. The maximum Gasteiger partial charge on any atom is 0.261 e. The highest BCUT2D eigenvalue weighted by atomic mass is 19.1. The number of aromatic nitrogens is 3. The summed E-state index contributed by atoms with van der Waals surface area (Å²) >= 11 is 0. The lowest BCUT2D eigenvalue weighted by atomic mass is 9.93. The number of nitrogens with one attached hydrogen (secondary N) is 1. The van der Waals surface area contributed by atoms with Gasteiger partial charge in [0.2, 0.25) is 0 Å². The summed E-state index contributed by atoms with van der Waals surface area (Å²) in [6.07, 6.45) is 5.35. The number of halogens is 1. The smallest absolute Gasteiger partial charge is 0.261 e. The summed E-state index contributed by atoms with van der Waals surface area (Å²) in [4.78, 5) is 19.3. The van der Waals surface area contributed by atoms with Crippen molar-refractivity contribution in [2.45, 2.75) is 31.0 Å². The number of rotatable bonds is 5.